The van der Waals surface area contributed by atoms with E-state index in [0.29, 0.717) is 17.8 Å². The maximum absolute atomic E-state index is 13.1. The molecule has 4 aliphatic rings. The summed E-state index contributed by atoms with van der Waals surface area (Å²) >= 11 is 0. The minimum atomic E-state index is -4.31. The Balaban J connectivity index is 1.30. The maximum atomic E-state index is 13.1. The summed E-state index contributed by atoms with van der Waals surface area (Å²) in [6.07, 6.45) is 9.98. The van der Waals surface area contributed by atoms with Gasteiger partial charge in [0.25, 0.3) is 0 Å². The lowest BCUT2D eigenvalue weighted by Crippen LogP contribution is -2.57. The molecule has 0 heterocycles. The van der Waals surface area contributed by atoms with Crippen molar-refractivity contribution in [2.45, 2.75) is 124 Å². The first-order valence-corrected chi connectivity index (χ1v) is 16.2. The van der Waals surface area contributed by atoms with E-state index in [4.69, 9.17) is 0 Å². The van der Waals surface area contributed by atoms with Gasteiger partial charge in [-0.1, -0.05) is 66.0 Å². The lowest BCUT2D eigenvalue weighted by Gasteiger charge is -2.63. The quantitative estimate of drug-likeness (QED) is 0.361. The van der Waals surface area contributed by atoms with Crippen LogP contribution >= 0.6 is 0 Å². The van der Waals surface area contributed by atoms with Crippen molar-refractivity contribution in [1.29, 1.82) is 0 Å². The van der Waals surface area contributed by atoms with Crippen LogP contribution in [0.25, 0.3) is 0 Å². The molecule has 4 heteroatoms. The van der Waals surface area contributed by atoms with E-state index in [1.165, 1.54) is 69.9 Å². The summed E-state index contributed by atoms with van der Waals surface area (Å²) in [4.78, 5) is 0. The molecule has 0 spiro atoms. The minimum Gasteiger partial charge on any atom is -0.393 e. The van der Waals surface area contributed by atoms with Gasteiger partial charge < -0.3 is 5.11 Å². The Hall–Kier alpha value is -1.03. The van der Waals surface area contributed by atoms with Crippen LogP contribution in [0.1, 0.15) is 116 Å². The lowest BCUT2D eigenvalue weighted by molar-refractivity contribution is -0.152. The first-order chi connectivity index (χ1) is 18.3. The molecular formula is C35H53F3O. The van der Waals surface area contributed by atoms with Crippen LogP contribution in [0.5, 0.6) is 0 Å². The number of halogens is 3. The zero-order valence-electron chi connectivity index (χ0n) is 25.1. The Morgan fingerprint density at radius 2 is 1.46 bits per heavy atom. The predicted octanol–water partition coefficient (Wildman–Crippen LogP) is 9.96. The van der Waals surface area contributed by atoms with Gasteiger partial charge in [0.1, 0.15) is 0 Å². The summed E-state index contributed by atoms with van der Waals surface area (Å²) < 4.78 is 39.3. The second-order valence-corrected chi connectivity index (χ2v) is 15.3. The highest BCUT2D eigenvalue weighted by atomic mass is 19.4. The van der Waals surface area contributed by atoms with E-state index in [0.717, 1.165) is 53.9 Å². The molecule has 220 valence electrons. The summed E-state index contributed by atoms with van der Waals surface area (Å²) in [5, 5.41) is 11.2. The van der Waals surface area contributed by atoms with Gasteiger partial charge in [-0.3, -0.25) is 0 Å². The smallest absolute Gasteiger partial charge is 0.393 e. The maximum Gasteiger partial charge on any atom is 0.416 e. The van der Waals surface area contributed by atoms with Gasteiger partial charge in [0.2, 0.25) is 0 Å². The van der Waals surface area contributed by atoms with E-state index in [2.05, 4.69) is 34.6 Å². The standard InChI is InChI=1S/C35H53F3O/c1-22(2)7-6-8-23(3)28-15-16-29-26-13-14-30-27(21-24-9-11-25(12-10-24)35(36,37)38)32(39)18-20-34(30,5)31(26)17-19-33(28,29)4/h9-12,22-23,26-32,39H,6-8,13-21H2,1-5H3/t23-,26+,27+,28-,29+,30+,31+,32+,33-,34+/m1/s1. The van der Waals surface area contributed by atoms with Crippen molar-refractivity contribution in [2.24, 2.45) is 58.2 Å². The number of alkyl halides is 3. The van der Waals surface area contributed by atoms with Gasteiger partial charge in [0.05, 0.1) is 11.7 Å². The first kappa shape index (κ1) is 29.5. The molecule has 1 N–H and O–H groups in total. The summed E-state index contributed by atoms with van der Waals surface area (Å²) in [6, 6.07) is 5.70. The highest BCUT2D eigenvalue weighted by molar-refractivity contribution is 5.25. The molecule has 1 aromatic carbocycles. The zero-order valence-corrected chi connectivity index (χ0v) is 25.1. The molecule has 4 aliphatic carbocycles. The van der Waals surface area contributed by atoms with Crippen LogP contribution < -0.4 is 0 Å². The van der Waals surface area contributed by atoms with E-state index >= 15 is 0 Å². The number of hydrogen-bond acceptors (Lipinski definition) is 1. The molecule has 0 aromatic heterocycles. The molecule has 0 radical (unpaired) electrons. The topological polar surface area (TPSA) is 20.2 Å². The average molecular weight is 547 g/mol. The van der Waals surface area contributed by atoms with Crippen LogP contribution in [0, 0.1) is 58.2 Å². The van der Waals surface area contributed by atoms with Crippen LogP contribution in [0.4, 0.5) is 13.2 Å². The Morgan fingerprint density at radius 1 is 0.821 bits per heavy atom. The van der Waals surface area contributed by atoms with Crippen molar-refractivity contribution in [3.8, 4) is 0 Å². The van der Waals surface area contributed by atoms with Crippen molar-refractivity contribution in [3.05, 3.63) is 35.4 Å². The van der Waals surface area contributed by atoms with Crippen molar-refractivity contribution < 1.29 is 18.3 Å². The fourth-order valence-corrected chi connectivity index (χ4v) is 10.9. The van der Waals surface area contributed by atoms with Gasteiger partial charge in [0.15, 0.2) is 0 Å². The van der Waals surface area contributed by atoms with Gasteiger partial charge >= 0.3 is 6.18 Å². The SMILES string of the molecule is CC(C)CCC[C@@H](C)[C@H]1CC[C@H]2[C@@H]3CC[C@H]4[C@H](Cc5ccc(C(F)(F)F)cc5)[C@@H](O)CC[C@]4(C)[C@H]3CC[C@]12C. The Kier molecular flexibility index (Phi) is 8.30. The Morgan fingerprint density at radius 3 is 2.13 bits per heavy atom. The molecule has 10 atom stereocenters. The van der Waals surface area contributed by atoms with Crippen molar-refractivity contribution >= 4 is 0 Å². The molecule has 0 aliphatic heterocycles. The second-order valence-electron chi connectivity index (χ2n) is 15.3. The molecule has 0 saturated heterocycles. The minimum absolute atomic E-state index is 0.145. The lowest BCUT2D eigenvalue weighted by atomic mass is 9.42. The van der Waals surface area contributed by atoms with E-state index in [-0.39, 0.29) is 17.4 Å². The highest BCUT2D eigenvalue weighted by Gasteiger charge is 2.61. The van der Waals surface area contributed by atoms with E-state index in [1.807, 2.05) is 0 Å². The largest absolute Gasteiger partial charge is 0.416 e. The molecule has 39 heavy (non-hydrogen) atoms. The number of fused-ring (bicyclic) bond motifs is 5. The number of rotatable bonds is 7. The van der Waals surface area contributed by atoms with Gasteiger partial charge in [-0.15, -0.1) is 0 Å². The molecule has 0 amide bonds. The summed E-state index contributed by atoms with van der Waals surface area (Å²) in [5.74, 6) is 5.46. The third kappa shape index (κ3) is 5.46. The average Bonchev–Trinajstić information content (AvgIpc) is 3.23. The van der Waals surface area contributed by atoms with E-state index < -0.39 is 11.7 Å². The third-order valence-corrected chi connectivity index (χ3v) is 12.9. The summed E-state index contributed by atoms with van der Waals surface area (Å²) in [6.45, 7) is 12.4. The summed E-state index contributed by atoms with van der Waals surface area (Å²) in [5.41, 5.74) is 1.06. The van der Waals surface area contributed by atoms with E-state index in [1.54, 1.807) is 12.1 Å². The molecule has 4 saturated carbocycles. The molecule has 1 nitrogen and oxygen atoms in total. The van der Waals surface area contributed by atoms with Crippen molar-refractivity contribution in [1.82, 2.24) is 0 Å². The van der Waals surface area contributed by atoms with Crippen LogP contribution in [0.2, 0.25) is 0 Å². The molecule has 0 unspecified atom stereocenters. The monoisotopic (exact) mass is 546 g/mol. The highest BCUT2D eigenvalue weighted by Crippen LogP contribution is 2.69. The van der Waals surface area contributed by atoms with Crippen molar-refractivity contribution in [3.63, 3.8) is 0 Å². The summed E-state index contributed by atoms with van der Waals surface area (Å²) in [7, 11) is 0. The van der Waals surface area contributed by atoms with Gasteiger partial charge in [0, 0.05) is 0 Å². The van der Waals surface area contributed by atoms with Crippen LogP contribution in [0.3, 0.4) is 0 Å². The van der Waals surface area contributed by atoms with Gasteiger partial charge in [-0.2, -0.15) is 13.2 Å². The first-order valence-electron chi connectivity index (χ1n) is 16.2. The predicted molar refractivity (Wildman–Crippen MR) is 153 cm³/mol. The molecular weight excluding hydrogens is 493 g/mol. The van der Waals surface area contributed by atoms with Gasteiger partial charge in [-0.25, -0.2) is 0 Å². The molecule has 5 rings (SSSR count). The van der Waals surface area contributed by atoms with Gasteiger partial charge in [-0.05, 0) is 134 Å². The fourth-order valence-electron chi connectivity index (χ4n) is 10.9. The van der Waals surface area contributed by atoms with E-state index in [9.17, 15) is 18.3 Å². The number of hydrogen-bond donors (Lipinski definition) is 1. The van der Waals surface area contributed by atoms with Crippen LogP contribution in [-0.2, 0) is 12.6 Å². The zero-order chi connectivity index (χ0) is 28.2. The number of aliphatic hydroxyl groups is 1. The Labute approximate surface area is 235 Å². The Bertz CT molecular complexity index is 969. The number of benzene rings is 1. The third-order valence-electron chi connectivity index (χ3n) is 12.9. The molecule has 0 bridgehead atoms. The van der Waals surface area contributed by atoms with Crippen LogP contribution in [0.15, 0.2) is 24.3 Å². The second kappa shape index (κ2) is 11.0. The molecule has 1 aromatic rings. The molecule has 4 fully saturated rings. The van der Waals surface area contributed by atoms with Crippen LogP contribution in [-0.4, -0.2) is 11.2 Å². The number of aliphatic hydroxyl groups excluding tert-OH is 1. The normalized spacial score (nSPS) is 41.1. The fraction of sp³-hybridized carbons (Fsp3) is 0.829. The van der Waals surface area contributed by atoms with Crippen molar-refractivity contribution in [2.75, 3.05) is 0 Å².